The summed E-state index contributed by atoms with van der Waals surface area (Å²) in [6.07, 6.45) is 6.72. The summed E-state index contributed by atoms with van der Waals surface area (Å²) in [6, 6.07) is 52.9. The van der Waals surface area contributed by atoms with E-state index in [0.29, 0.717) is 23.9 Å². The van der Waals surface area contributed by atoms with Gasteiger partial charge in [-0.3, -0.25) is 0 Å². The second-order valence-electron chi connectivity index (χ2n) is 13.4. The van der Waals surface area contributed by atoms with E-state index >= 15 is 0 Å². The van der Waals surface area contributed by atoms with Gasteiger partial charge in [-0.15, -0.1) is 0 Å². The molecule has 0 saturated heterocycles. The summed E-state index contributed by atoms with van der Waals surface area (Å²) in [5, 5.41) is 9.46. The molecule has 2 aliphatic carbocycles. The SMILES string of the molecule is N#CC1=CC=CC(c2ccc(-c3nc(-c4ccccc4)nc(-c4ccc5c(c4)C4(c6ccccc6Oc6ccccc64)c4ccccc4-5)n3)cc2)C1. The van der Waals surface area contributed by atoms with E-state index in [1.807, 2.05) is 54.6 Å². The van der Waals surface area contributed by atoms with Crippen LogP contribution in [0.1, 0.15) is 40.2 Å². The largest absolute Gasteiger partial charge is 0.457 e. The highest BCUT2D eigenvalue weighted by molar-refractivity contribution is 5.90. The van der Waals surface area contributed by atoms with Gasteiger partial charge in [0.1, 0.15) is 11.5 Å². The predicted molar refractivity (Wildman–Crippen MR) is 204 cm³/mol. The third-order valence-corrected chi connectivity index (χ3v) is 10.6. The maximum absolute atomic E-state index is 9.46. The van der Waals surface area contributed by atoms with E-state index in [1.165, 1.54) is 22.3 Å². The van der Waals surface area contributed by atoms with E-state index in [-0.39, 0.29) is 5.92 Å². The van der Waals surface area contributed by atoms with Crippen molar-refractivity contribution in [3.05, 3.63) is 197 Å². The molecular formula is C47H30N4O. The molecule has 244 valence electrons. The van der Waals surface area contributed by atoms with Crippen molar-refractivity contribution in [1.29, 1.82) is 5.26 Å². The number of hydrogen-bond acceptors (Lipinski definition) is 5. The lowest BCUT2D eigenvalue weighted by Crippen LogP contribution is -2.32. The highest BCUT2D eigenvalue weighted by Crippen LogP contribution is 2.62. The Kier molecular flexibility index (Phi) is 6.84. The number of para-hydroxylation sites is 2. The van der Waals surface area contributed by atoms with Gasteiger partial charge < -0.3 is 4.74 Å². The second kappa shape index (κ2) is 11.9. The van der Waals surface area contributed by atoms with Crippen molar-refractivity contribution in [1.82, 2.24) is 15.0 Å². The molecule has 1 aliphatic heterocycles. The number of rotatable bonds is 4. The van der Waals surface area contributed by atoms with Crippen LogP contribution >= 0.6 is 0 Å². The van der Waals surface area contributed by atoms with Crippen molar-refractivity contribution in [2.45, 2.75) is 17.8 Å². The summed E-state index contributed by atoms with van der Waals surface area (Å²) < 4.78 is 6.54. The fourth-order valence-corrected chi connectivity index (χ4v) is 8.21. The number of aromatic nitrogens is 3. The Hall–Kier alpha value is -6.90. The monoisotopic (exact) mass is 666 g/mol. The summed E-state index contributed by atoms with van der Waals surface area (Å²) >= 11 is 0. The van der Waals surface area contributed by atoms with E-state index in [4.69, 9.17) is 19.7 Å². The molecule has 0 N–H and O–H groups in total. The first-order valence-electron chi connectivity index (χ1n) is 17.5. The average molecular weight is 667 g/mol. The number of ether oxygens (including phenoxy) is 1. The van der Waals surface area contributed by atoms with Crippen LogP contribution in [0.4, 0.5) is 0 Å². The molecule has 52 heavy (non-hydrogen) atoms. The van der Waals surface area contributed by atoms with Gasteiger partial charge >= 0.3 is 0 Å². The van der Waals surface area contributed by atoms with Crippen LogP contribution in [0.3, 0.4) is 0 Å². The Labute approximate surface area is 301 Å². The van der Waals surface area contributed by atoms with Crippen molar-refractivity contribution in [3.63, 3.8) is 0 Å². The van der Waals surface area contributed by atoms with Gasteiger partial charge in [0.25, 0.3) is 0 Å². The Bertz CT molecular complexity index is 2610. The Morgan fingerprint density at radius 2 is 1.12 bits per heavy atom. The van der Waals surface area contributed by atoms with Crippen LogP contribution in [0.25, 0.3) is 45.3 Å². The van der Waals surface area contributed by atoms with Gasteiger partial charge in [-0.2, -0.15) is 5.26 Å². The summed E-state index contributed by atoms with van der Waals surface area (Å²) in [5.41, 5.74) is 11.1. The standard InChI is InChI=1S/C47H30N4O/c48-29-30-11-10-14-34(27-30)31-21-23-33(24-22-31)45-49-44(32-12-2-1-3-13-32)50-46(51-45)35-25-26-37-36-15-4-5-16-38(36)47(41(37)28-35)39-17-6-8-19-42(39)52-43-20-9-7-18-40(43)47/h1-26,28,34H,27H2. The van der Waals surface area contributed by atoms with E-state index in [2.05, 4.69) is 115 Å². The van der Waals surface area contributed by atoms with Gasteiger partial charge in [-0.05, 0) is 58.5 Å². The molecule has 6 aromatic carbocycles. The number of nitrogens with zero attached hydrogens (tertiary/aromatic N) is 4. The molecule has 0 amide bonds. The van der Waals surface area contributed by atoms with Gasteiger partial charge in [0, 0.05) is 39.3 Å². The quantitative estimate of drug-likeness (QED) is 0.187. The fraction of sp³-hybridized carbons (Fsp3) is 0.0638. The molecule has 10 rings (SSSR count). The minimum absolute atomic E-state index is 0.158. The van der Waals surface area contributed by atoms with E-state index in [9.17, 15) is 5.26 Å². The summed E-state index contributed by atoms with van der Waals surface area (Å²) in [5.74, 6) is 3.70. The molecule has 0 bridgehead atoms. The second-order valence-corrected chi connectivity index (χ2v) is 13.4. The zero-order chi connectivity index (χ0) is 34.6. The van der Waals surface area contributed by atoms with Crippen molar-refractivity contribution >= 4 is 0 Å². The molecular weight excluding hydrogens is 637 g/mol. The van der Waals surface area contributed by atoms with Crippen molar-refractivity contribution in [3.8, 4) is 62.9 Å². The van der Waals surface area contributed by atoms with Gasteiger partial charge in [-0.25, -0.2) is 15.0 Å². The smallest absolute Gasteiger partial charge is 0.164 e. The van der Waals surface area contributed by atoms with Crippen LogP contribution in [0.15, 0.2) is 169 Å². The minimum Gasteiger partial charge on any atom is -0.457 e. The van der Waals surface area contributed by atoms with E-state index in [0.717, 1.165) is 50.5 Å². The van der Waals surface area contributed by atoms with Crippen LogP contribution in [0.2, 0.25) is 0 Å². The molecule has 5 nitrogen and oxygen atoms in total. The summed E-state index contributed by atoms with van der Waals surface area (Å²) in [7, 11) is 0. The Morgan fingerprint density at radius 1 is 0.558 bits per heavy atom. The van der Waals surface area contributed by atoms with Crippen LogP contribution in [-0.4, -0.2) is 15.0 Å². The van der Waals surface area contributed by atoms with Crippen molar-refractivity contribution < 1.29 is 4.74 Å². The fourth-order valence-electron chi connectivity index (χ4n) is 8.21. The first-order valence-corrected chi connectivity index (χ1v) is 17.5. The Balaban J connectivity index is 1.15. The topological polar surface area (TPSA) is 71.7 Å². The minimum atomic E-state index is -0.588. The number of benzene rings is 6. The molecule has 5 heteroatoms. The van der Waals surface area contributed by atoms with Crippen molar-refractivity contribution in [2.75, 3.05) is 0 Å². The van der Waals surface area contributed by atoms with E-state index < -0.39 is 5.41 Å². The zero-order valence-electron chi connectivity index (χ0n) is 28.1. The van der Waals surface area contributed by atoms with Gasteiger partial charge in [0.2, 0.25) is 0 Å². The van der Waals surface area contributed by atoms with Gasteiger partial charge in [0.05, 0.1) is 11.5 Å². The third kappa shape index (κ3) is 4.58. The molecule has 2 heterocycles. The van der Waals surface area contributed by atoms with Gasteiger partial charge in [0.15, 0.2) is 17.5 Å². The zero-order valence-corrected chi connectivity index (χ0v) is 28.1. The Morgan fingerprint density at radius 3 is 1.81 bits per heavy atom. The molecule has 0 radical (unpaired) electrons. The molecule has 3 aliphatic rings. The lowest BCUT2D eigenvalue weighted by molar-refractivity contribution is 0.436. The molecule has 0 fully saturated rings. The van der Waals surface area contributed by atoms with E-state index in [1.54, 1.807) is 0 Å². The maximum Gasteiger partial charge on any atom is 0.164 e. The first kappa shape index (κ1) is 30.0. The molecule has 1 unspecified atom stereocenters. The van der Waals surface area contributed by atoms with Crippen LogP contribution in [0, 0.1) is 11.3 Å². The molecule has 1 aromatic heterocycles. The normalized spacial score (nSPS) is 15.8. The average Bonchev–Trinajstić information content (AvgIpc) is 3.51. The number of fused-ring (bicyclic) bond motifs is 9. The molecule has 1 spiro atoms. The number of nitriles is 1. The number of allylic oxidation sites excluding steroid dienone is 4. The van der Waals surface area contributed by atoms with Crippen molar-refractivity contribution in [2.24, 2.45) is 0 Å². The lowest BCUT2D eigenvalue weighted by atomic mass is 9.66. The van der Waals surface area contributed by atoms with Crippen LogP contribution in [0.5, 0.6) is 11.5 Å². The molecule has 0 saturated carbocycles. The molecule has 1 atom stereocenters. The van der Waals surface area contributed by atoms with Crippen LogP contribution < -0.4 is 4.74 Å². The third-order valence-electron chi connectivity index (χ3n) is 10.6. The lowest BCUT2D eigenvalue weighted by Gasteiger charge is -2.39. The highest BCUT2D eigenvalue weighted by atomic mass is 16.5. The van der Waals surface area contributed by atoms with Gasteiger partial charge in [-0.1, -0.05) is 140 Å². The predicted octanol–water partition coefficient (Wildman–Crippen LogP) is 10.8. The number of hydrogen-bond donors (Lipinski definition) is 0. The highest BCUT2D eigenvalue weighted by Gasteiger charge is 2.51. The summed E-state index contributed by atoms with van der Waals surface area (Å²) in [4.78, 5) is 15.3. The molecule has 7 aromatic rings. The first-order chi connectivity index (χ1) is 25.7. The maximum atomic E-state index is 9.46. The van der Waals surface area contributed by atoms with Crippen LogP contribution in [-0.2, 0) is 5.41 Å². The summed E-state index contributed by atoms with van der Waals surface area (Å²) in [6.45, 7) is 0.